The van der Waals surface area contributed by atoms with Crippen molar-refractivity contribution in [3.63, 3.8) is 0 Å². The first-order valence-corrected chi connectivity index (χ1v) is 14.4. The molecule has 0 saturated carbocycles. The molecule has 1 aliphatic rings. The first-order valence-electron chi connectivity index (χ1n) is 11.4. The van der Waals surface area contributed by atoms with Crippen molar-refractivity contribution in [2.24, 2.45) is 0 Å². The van der Waals surface area contributed by atoms with Gasteiger partial charge in [0.1, 0.15) is 0 Å². The van der Waals surface area contributed by atoms with E-state index >= 15 is 0 Å². The van der Waals surface area contributed by atoms with Crippen LogP contribution in [0, 0.1) is 0 Å². The molecule has 2 aromatic carbocycles. The van der Waals surface area contributed by atoms with Crippen molar-refractivity contribution in [3.8, 4) is 0 Å². The van der Waals surface area contributed by atoms with Crippen molar-refractivity contribution in [3.05, 3.63) is 52.5 Å². The number of amides is 1. The quantitative estimate of drug-likeness (QED) is 0.351. The van der Waals surface area contributed by atoms with Crippen LogP contribution in [0.4, 0.5) is 5.13 Å². The molecule has 1 saturated heterocycles. The second-order valence-corrected chi connectivity index (χ2v) is 12.3. The summed E-state index contributed by atoms with van der Waals surface area (Å²) in [5.74, 6) is -0.225. The standard InChI is InChI=1S/C24H28BrN3O4S2/c1-3-4-13-27(2)34(30,31)20-10-7-17(8-11-20)23(29)28(16-19-6-5-14-32-19)24-26-21-12-9-18(25)15-22(21)33-24/h7-12,15,19H,3-6,13-14,16H2,1-2H3. The maximum atomic E-state index is 13.6. The Bertz CT molecular complexity index is 1250. The third-order valence-electron chi connectivity index (χ3n) is 5.86. The summed E-state index contributed by atoms with van der Waals surface area (Å²) in [5, 5.41) is 0.601. The smallest absolute Gasteiger partial charge is 0.260 e. The van der Waals surface area contributed by atoms with Gasteiger partial charge in [0.2, 0.25) is 10.0 Å². The number of fused-ring (bicyclic) bond motifs is 1. The van der Waals surface area contributed by atoms with Gasteiger partial charge in [-0.3, -0.25) is 9.69 Å². The molecule has 3 aromatic rings. The topological polar surface area (TPSA) is 79.8 Å². The van der Waals surface area contributed by atoms with Gasteiger partial charge in [0.15, 0.2) is 5.13 Å². The van der Waals surface area contributed by atoms with Crippen LogP contribution in [0.5, 0.6) is 0 Å². The van der Waals surface area contributed by atoms with E-state index in [0.29, 0.717) is 30.4 Å². The minimum atomic E-state index is -3.59. The molecule has 1 aliphatic heterocycles. The molecule has 0 radical (unpaired) electrons. The zero-order valence-electron chi connectivity index (χ0n) is 19.2. The predicted molar refractivity (Wildman–Crippen MR) is 139 cm³/mol. The Morgan fingerprint density at radius 1 is 1.24 bits per heavy atom. The molecule has 182 valence electrons. The summed E-state index contributed by atoms with van der Waals surface area (Å²) in [7, 11) is -2.01. The molecule has 0 bridgehead atoms. The lowest BCUT2D eigenvalue weighted by molar-refractivity contribution is 0.0917. The number of hydrogen-bond donors (Lipinski definition) is 0. The van der Waals surface area contributed by atoms with Gasteiger partial charge in [-0.05, 0) is 61.7 Å². The molecule has 0 spiro atoms. The van der Waals surface area contributed by atoms with Crippen LogP contribution in [0.3, 0.4) is 0 Å². The Morgan fingerprint density at radius 2 is 2.00 bits per heavy atom. The molecule has 1 unspecified atom stereocenters. The third kappa shape index (κ3) is 5.52. The molecule has 7 nitrogen and oxygen atoms in total. The zero-order chi connectivity index (χ0) is 24.3. The van der Waals surface area contributed by atoms with Gasteiger partial charge in [0, 0.05) is 30.2 Å². The molecule has 1 atom stereocenters. The van der Waals surface area contributed by atoms with Crippen molar-refractivity contribution in [1.29, 1.82) is 0 Å². The van der Waals surface area contributed by atoms with E-state index in [1.165, 1.54) is 27.8 Å². The molecular formula is C24H28BrN3O4S2. The Morgan fingerprint density at radius 3 is 2.68 bits per heavy atom. The maximum absolute atomic E-state index is 13.6. The van der Waals surface area contributed by atoms with E-state index in [2.05, 4.69) is 15.9 Å². The Hall–Kier alpha value is -1.85. The Balaban J connectivity index is 1.61. The number of unbranched alkanes of at least 4 members (excludes halogenated alkanes) is 1. The number of rotatable bonds is 9. The molecular weight excluding hydrogens is 538 g/mol. The number of carbonyl (C=O) groups is 1. The average Bonchev–Trinajstić information content (AvgIpc) is 3.49. The largest absolute Gasteiger partial charge is 0.376 e. The lowest BCUT2D eigenvalue weighted by atomic mass is 10.2. The van der Waals surface area contributed by atoms with Crippen LogP contribution in [0.1, 0.15) is 43.0 Å². The molecule has 1 fully saturated rings. The maximum Gasteiger partial charge on any atom is 0.260 e. The van der Waals surface area contributed by atoms with Crippen molar-refractivity contribution in [1.82, 2.24) is 9.29 Å². The van der Waals surface area contributed by atoms with Crippen molar-refractivity contribution >= 4 is 58.5 Å². The number of halogens is 1. The van der Waals surface area contributed by atoms with Crippen molar-refractivity contribution < 1.29 is 17.9 Å². The molecule has 1 aromatic heterocycles. The molecule has 34 heavy (non-hydrogen) atoms. The molecule has 1 amide bonds. The van der Waals surface area contributed by atoms with Gasteiger partial charge in [0.05, 0.1) is 27.8 Å². The second kappa shape index (κ2) is 10.8. The molecule has 2 heterocycles. The van der Waals surface area contributed by atoms with Gasteiger partial charge in [-0.2, -0.15) is 0 Å². The van der Waals surface area contributed by atoms with E-state index in [1.54, 1.807) is 24.1 Å². The summed E-state index contributed by atoms with van der Waals surface area (Å²) in [6, 6.07) is 12.0. The molecule has 10 heteroatoms. The van der Waals surface area contributed by atoms with Crippen LogP contribution in [-0.2, 0) is 14.8 Å². The molecule has 4 rings (SSSR count). The summed E-state index contributed by atoms with van der Waals surface area (Å²) in [4.78, 5) is 20.1. The highest BCUT2D eigenvalue weighted by atomic mass is 79.9. The monoisotopic (exact) mass is 565 g/mol. The third-order valence-corrected chi connectivity index (χ3v) is 9.27. The van der Waals surface area contributed by atoms with Crippen LogP contribution in [0.25, 0.3) is 10.2 Å². The SMILES string of the molecule is CCCCN(C)S(=O)(=O)c1ccc(C(=O)N(CC2CCCO2)c2nc3ccc(Br)cc3s2)cc1. The molecule has 0 N–H and O–H groups in total. The molecule has 0 aliphatic carbocycles. The van der Waals surface area contributed by atoms with Crippen LogP contribution >= 0.6 is 27.3 Å². The number of hydrogen-bond acceptors (Lipinski definition) is 6. The highest BCUT2D eigenvalue weighted by Gasteiger charge is 2.28. The van der Waals surface area contributed by atoms with Crippen LogP contribution < -0.4 is 4.90 Å². The van der Waals surface area contributed by atoms with E-state index in [4.69, 9.17) is 9.72 Å². The van der Waals surface area contributed by atoms with Gasteiger partial charge in [-0.1, -0.05) is 40.6 Å². The lowest BCUT2D eigenvalue weighted by Crippen LogP contribution is -2.37. The van der Waals surface area contributed by atoms with Crippen LogP contribution in [-0.4, -0.2) is 56.5 Å². The first kappa shape index (κ1) is 25.2. The van der Waals surface area contributed by atoms with Crippen molar-refractivity contribution in [2.75, 3.05) is 31.6 Å². The summed E-state index contributed by atoms with van der Waals surface area (Å²) in [6.07, 6.45) is 3.52. The minimum absolute atomic E-state index is 0.0467. The van der Waals surface area contributed by atoms with Gasteiger partial charge < -0.3 is 4.74 Å². The fourth-order valence-electron chi connectivity index (χ4n) is 3.85. The average molecular weight is 567 g/mol. The Labute approximate surface area is 212 Å². The summed E-state index contributed by atoms with van der Waals surface area (Å²) >= 11 is 4.94. The summed E-state index contributed by atoms with van der Waals surface area (Å²) in [5.41, 5.74) is 1.23. The van der Waals surface area contributed by atoms with E-state index in [0.717, 1.165) is 40.4 Å². The van der Waals surface area contributed by atoms with Crippen LogP contribution in [0.2, 0.25) is 0 Å². The number of thiazole rings is 1. The first-order chi connectivity index (χ1) is 16.3. The number of anilines is 1. The second-order valence-electron chi connectivity index (χ2n) is 8.36. The number of ether oxygens (including phenoxy) is 1. The van der Waals surface area contributed by atoms with E-state index < -0.39 is 10.0 Å². The van der Waals surface area contributed by atoms with E-state index in [9.17, 15) is 13.2 Å². The highest BCUT2D eigenvalue weighted by molar-refractivity contribution is 9.10. The normalized spacial score (nSPS) is 16.4. The highest BCUT2D eigenvalue weighted by Crippen LogP contribution is 2.32. The number of carbonyl (C=O) groups excluding carboxylic acids is 1. The Kier molecular flexibility index (Phi) is 8.04. The van der Waals surface area contributed by atoms with Gasteiger partial charge >= 0.3 is 0 Å². The van der Waals surface area contributed by atoms with Crippen LogP contribution in [0.15, 0.2) is 51.8 Å². The van der Waals surface area contributed by atoms with Gasteiger partial charge in [-0.25, -0.2) is 17.7 Å². The number of benzene rings is 2. The predicted octanol–water partition coefficient (Wildman–Crippen LogP) is 5.31. The number of nitrogens with zero attached hydrogens (tertiary/aromatic N) is 3. The lowest BCUT2D eigenvalue weighted by Gasteiger charge is -2.23. The number of aromatic nitrogens is 1. The van der Waals surface area contributed by atoms with E-state index in [1.807, 2.05) is 25.1 Å². The summed E-state index contributed by atoms with van der Waals surface area (Å²) in [6.45, 7) is 3.58. The minimum Gasteiger partial charge on any atom is -0.376 e. The van der Waals surface area contributed by atoms with Crippen molar-refractivity contribution in [2.45, 2.75) is 43.6 Å². The van der Waals surface area contributed by atoms with Gasteiger partial charge in [0.25, 0.3) is 5.91 Å². The number of sulfonamides is 1. The fourth-order valence-corrected chi connectivity index (χ4v) is 6.58. The zero-order valence-corrected chi connectivity index (χ0v) is 22.5. The fraction of sp³-hybridized carbons (Fsp3) is 0.417. The van der Waals surface area contributed by atoms with Gasteiger partial charge in [-0.15, -0.1) is 0 Å². The van der Waals surface area contributed by atoms with E-state index in [-0.39, 0.29) is 16.9 Å². The summed E-state index contributed by atoms with van der Waals surface area (Å²) < 4.78 is 34.8.